The fourth-order valence-electron chi connectivity index (χ4n) is 5.18. The molecule has 29 heavy (non-hydrogen) atoms. The van der Waals surface area contributed by atoms with E-state index in [0.717, 1.165) is 19.1 Å². The third-order valence-electron chi connectivity index (χ3n) is 6.54. The van der Waals surface area contributed by atoms with E-state index in [4.69, 9.17) is 10.00 Å². The molecule has 0 aliphatic carbocycles. The van der Waals surface area contributed by atoms with Crippen LogP contribution in [0.2, 0.25) is 0 Å². The summed E-state index contributed by atoms with van der Waals surface area (Å²) in [6.07, 6.45) is -7.73. The van der Waals surface area contributed by atoms with Crippen LogP contribution < -0.4 is 4.90 Å². The van der Waals surface area contributed by atoms with E-state index in [1.54, 1.807) is 0 Å². The number of imide groups is 1. The molecule has 0 unspecified atom stereocenters. The highest BCUT2D eigenvalue weighted by Gasteiger charge is 2.79. The van der Waals surface area contributed by atoms with Gasteiger partial charge in [0.2, 0.25) is 11.8 Å². The SMILES string of the molecule is Cc1c(N2C(=O)[C@@H]3[C@H](C2=O)[C@]2(C)O[C@@]3(C)[C@@H](O)[C@@H]2O)ccc(C#N)c1C(F)(F)F. The van der Waals surface area contributed by atoms with Crippen molar-refractivity contribution in [2.45, 2.75) is 50.4 Å². The van der Waals surface area contributed by atoms with Crippen LogP contribution in [-0.4, -0.2) is 45.4 Å². The summed E-state index contributed by atoms with van der Waals surface area (Å²) >= 11 is 0. The van der Waals surface area contributed by atoms with Crippen LogP contribution in [0.4, 0.5) is 18.9 Å². The van der Waals surface area contributed by atoms with E-state index < -0.39 is 69.9 Å². The van der Waals surface area contributed by atoms with Gasteiger partial charge in [0.05, 0.1) is 34.7 Å². The zero-order chi connectivity index (χ0) is 21.7. The minimum atomic E-state index is -4.86. The first-order valence-corrected chi connectivity index (χ1v) is 8.85. The monoisotopic (exact) mass is 410 g/mol. The number of rotatable bonds is 1. The van der Waals surface area contributed by atoms with Crippen LogP contribution in [0.5, 0.6) is 0 Å². The largest absolute Gasteiger partial charge is 0.418 e. The molecule has 6 atom stereocenters. The molecule has 7 nitrogen and oxygen atoms in total. The quantitative estimate of drug-likeness (QED) is 0.675. The number of hydrogen-bond donors (Lipinski definition) is 2. The van der Waals surface area contributed by atoms with Gasteiger partial charge in [-0.1, -0.05) is 0 Å². The molecule has 0 saturated carbocycles. The number of hydrogen-bond acceptors (Lipinski definition) is 6. The number of anilines is 1. The first kappa shape index (κ1) is 19.8. The summed E-state index contributed by atoms with van der Waals surface area (Å²) in [6, 6.07) is 3.52. The Kier molecular flexibility index (Phi) is 3.80. The highest BCUT2D eigenvalue weighted by Crippen LogP contribution is 2.61. The lowest BCUT2D eigenvalue weighted by Gasteiger charge is -2.35. The number of amides is 2. The molecule has 3 saturated heterocycles. The number of nitrogens with zero attached hydrogens (tertiary/aromatic N) is 2. The number of aliphatic hydroxyl groups excluding tert-OH is 2. The average Bonchev–Trinajstić information content (AvgIpc) is 3.10. The summed E-state index contributed by atoms with van der Waals surface area (Å²) in [6.45, 7) is 3.89. The van der Waals surface area contributed by atoms with Crippen molar-refractivity contribution in [3.8, 4) is 6.07 Å². The lowest BCUT2D eigenvalue weighted by molar-refractivity contribution is -0.138. The van der Waals surface area contributed by atoms with Gasteiger partial charge in [0.25, 0.3) is 0 Å². The molecular formula is C19H17F3N2O5. The lowest BCUT2D eigenvalue weighted by Crippen LogP contribution is -2.57. The summed E-state index contributed by atoms with van der Waals surface area (Å²) in [5.41, 5.74) is -5.64. The smallest absolute Gasteiger partial charge is 0.387 e. The highest BCUT2D eigenvalue weighted by atomic mass is 19.4. The predicted molar refractivity (Wildman–Crippen MR) is 90.3 cm³/mol. The van der Waals surface area contributed by atoms with Crippen LogP contribution in [0.1, 0.15) is 30.5 Å². The van der Waals surface area contributed by atoms with Gasteiger partial charge < -0.3 is 14.9 Å². The Labute approximate surface area is 163 Å². The minimum Gasteiger partial charge on any atom is -0.387 e. The number of nitriles is 1. The van der Waals surface area contributed by atoms with Gasteiger partial charge >= 0.3 is 6.18 Å². The third kappa shape index (κ3) is 2.18. The Bertz CT molecular complexity index is 965. The van der Waals surface area contributed by atoms with Gasteiger partial charge in [-0.2, -0.15) is 18.4 Å². The summed E-state index contributed by atoms with van der Waals surface area (Å²) in [4.78, 5) is 26.9. The van der Waals surface area contributed by atoms with Crippen molar-refractivity contribution < 1.29 is 37.7 Å². The normalized spacial score (nSPS) is 38.5. The molecule has 2 amide bonds. The number of carbonyl (C=O) groups excluding carboxylic acids is 2. The molecule has 3 heterocycles. The second kappa shape index (κ2) is 5.56. The molecule has 3 aliphatic rings. The van der Waals surface area contributed by atoms with Crippen LogP contribution in [0.15, 0.2) is 12.1 Å². The molecule has 0 aromatic heterocycles. The van der Waals surface area contributed by atoms with Crippen molar-refractivity contribution in [1.82, 2.24) is 0 Å². The molecule has 2 N–H and O–H groups in total. The first-order valence-electron chi connectivity index (χ1n) is 8.85. The molecule has 3 fully saturated rings. The summed E-state index contributed by atoms with van der Waals surface area (Å²) in [7, 11) is 0. The van der Waals surface area contributed by atoms with Gasteiger partial charge in [-0.25, -0.2) is 4.90 Å². The zero-order valence-corrected chi connectivity index (χ0v) is 15.6. The minimum absolute atomic E-state index is 0.281. The topological polar surface area (TPSA) is 111 Å². The van der Waals surface area contributed by atoms with Gasteiger partial charge in [0.1, 0.15) is 23.4 Å². The van der Waals surface area contributed by atoms with E-state index in [1.165, 1.54) is 19.9 Å². The number of fused-ring (bicyclic) bond motifs is 5. The van der Waals surface area contributed by atoms with E-state index in [9.17, 15) is 33.0 Å². The molecule has 4 rings (SSSR count). The Morgan fingerprint density at radius 1 is 1.10 bits per heavy atom. The van der Waals surface area contributed by atoms with Gasteiger partial charge in [-0.3, -0.25) is 9.59 Å². The second-order valence-electron chi connectivity index (χ2n) is 8.07. The molecule has 3 aliphatic heterocycles. The Hall–Kier alpha value is -2.48. The molecule has 1 aromatic rings. The molecule has 0 radical (unpaired) electrons. The number of ether oxygens (including phenoxy) is 1. The van der Waals surface area contributed by atoms with E-state index in [0.29, 0.717) is 4.90 Å². The number of halogens is 3. The van der Waals surface area contributed by atoms with Crippen LogP contribution in [0.25, 0.3) is 0 Å². The van der Waals surface area contributed by atoms with Crippen molar-refractivity contribution in [2.24, 2.45) is 11.8 Å². The summed E-state index contributed by atoms with van der Waals surface area (Å²) in [5, 5.41) is 29.7. The number of benzene rings is 1. The van der Waals surface area contributed by atoms with E-state index in [2.05, 4.69) is 0 Å². The number of carbonyl (C=O) groups is 2. The lowest BCUT2D eigenvalue weighted by atomic mass is 9.66. The van der Waals surface area contributed by atoms with Gasteiger partial charge in [-0.15, -0.1) is 0 Å². The van der Waals surface area contributed by atoms with Crippen molar-refractivity contribution >= 4 is 17.5 Å². The maximum absolute atomic E-state index is 13.5. The average molecular weight is 410 g/mol. The molecule has 0 spiro atoms. The molecule has 1 aromatic carbocycles. The van der Waals surface area contributed by atoms with Crippen molar-refractivity contribution in [1.29, 1.82) is 5.26 Å². The fraction of sp³-hybridized carbons (Fsp3) is 0.526. The maximum atomic E-state index is 13.5. The highest BCUT2D eigenvalue weighted by molar-refractivity contribution is 6.23. The van der Waals surface area contributed by atoms with Crippen LogP contribution in [0.3, 0.4) is 0 Å². The Morgan fingerprint density at radius 3 is 2.00 bits per heavy atom. The number of alkyl halides is 3. The Balaban J connectivity index is 1.87. The Morgan fingerprint density at radius 2 is 1.59 bits per heavy atom. The van der Waals surface area contributed by atoms with Gasteiger partial charge in [-0.05, 0) is 38.5 Å². The second-order valence-corrected chi connectivity index (χ2v) is 8.07. The summed E-state index contributed by atoms with van der Waals surface area (Å²) in [5.74, 6) is -3.92. The zero-order valence-electron chi connectivity index (χ0n) is 15.6. The standard InChI is InChI=1S/C19H17F3N2O5/c1-7-9(5-4-8(6-23)10(7)19(20,21)22)24-15(27)11-12(16(24)28)18(3)14(26)13(25)17(11,2)29-18/h4-5,11-14,25-26H,1-3H3/t11-,12+,13-,14-,17+,18-/m0/s1. The van der Waals surface area contributed by atoms with Crippen molar-refractivity contribution in [3.05, 3.63) is 28.8 Å². The molecule has 154 valence electrons. The van der Waals surface area contributed by atoms with Crippen molar-refractivity contribution in [2.75, 3.05) is 4.90 Å². The van der Waals surface area contributed by atoms with E-state index in [1.807, 2.05) is 0 Å². The summed E-state index contributed by atoms with van der Waals surface area (Å²) < 4.78 is 46.3. The molecular weight excluding hydrogens is 393 g/mol. The van der Waals surface area contributed by atoms with Gasteiger partial charge in [0.15, 0.2) is 0 Å². The third-order valence-corrected chi connectivity index (χ3v) is 6.54. The van der Waals surface area contributed by atoms with E-state index >= 15 is 0 Å². The van der Waals surface area contributed by atoms with Gasteiger partial charge in [0, 0.05) is 0 Å². The number of aliphatic hydroxyl groups is 2. The first-order chi connectivity index (χ1) is 13.3. The molecule has 2 bridgehead atoms. The van der Waals surface area contributed by atoms with E-state index in [-0.39, 0.29) is 5.69 Å². The van der Waals surface area contributed by atoms with Crippen molar-refractivity contribution in [3.63, 3.8) is 0 Å². The fourth-order valence-corrected chi connectivity index (χ4v) is 5.18. The maximum Gasteiger partial charge on any atom is 0.418 e. The van der Waals surface area contributed by atoms with Crippen LogP contribution in [-0.2, 0) is 20.5 Å². The molecule has 10 heteroatoms. The van der Waals surface area contributed by atoms with Crippen LogP contribution in [0, 0.1) is 30.1 Å². The van der Waals surface area contributed by atoms with Crippen LogP contribution >= 0.6 is 0 Å². The predicted octanol–water partition coefficient (Wildman–Crippen LogP) is 1.27.